The Morgan fingerprint density at radius 2 is 2.05 bits per heavy atom. The van der Waals surface area contributed by atoms with Crippen LogP contribution in [-0.2, 0) is 0 Å². The molecule has 0 amide bonds. The quantitative estimate of drug-likeness (QED) is 0.893. The number of hydrogen-bond donors (Lipinski definition) is 1. The zero-order valence-corrected chi connectivity index (χ0v) is 12.5. The molecule has 110 valence electrons. The van der Waals surface area contributed by atoms with Crippen molar-refractivity contribution in [3.05, 3.63) is 29.8 Å². The number of benzene rings is 1. The Morgan fingerprint density at radius 1 is 1.25 bits per heavy atom. The van der Waals surface area contributed by atoms with Gasteiger partial charge in [-0.3, -0.25) is 0 Å². The summed E-state index contributed by atoms with van der Waals surface area (Å²) in [5, 5.41) is 3.69. The summed E-state index contributed by atoms with van der Waals surface area (Å²) in [7, 11) is 0. The summed E-state index contributed by atoms with van der Waals surface area (Å²) >= 11 is 0. The number of hydrogen-bond acceptors (Lipinski definition) is 3. The molecule has 0 unspecified atom stereocenters. The second-order valence-corrected chi connectivity index (χ2v) is 6.10. The van der Waals surface area contributed by atoms with Crippen molar-refractivity contribution in [2.24, 2.45) is 0 Å². The molecule has 2 aliphatic rings. The molecule has 0 saturated carbocycles. The number of nitrogens with zero attached hydrogens (tertiary/aromatic N) is 1. The molecule has 1 fully saturated rings. The van der Waals surface area contributed by atoms with Crippen molar-refractivity contribution in [3.63, 3.8) is 0 Å². The van der Waals surface area contributed by atoms with Gasteiger partial charge in [0.1, 0.15) is 5.75 Å². The maximum Gasteiger partial charge on any atom is 0.122 e. The summed E-state index contributed by atoms with van der Waals surface area (Å²) in [6.07, 6.45) is 4.16. The molecule has 3 rings (SSSR count). The molecule has 1 aromatic rings. The Labute approximate surface area is 122 Å². The molecular weight excluding hydrogens is 248 g/mol. The summed E-state index contributed by atoms with van der Waals surface area (Å²) in [6.45, 7) is 7.93. The Balaban J connectivity index is 1.46. The lowest BCUT2D eigenvalue weighted by molar-refractivity contribution is 0.223. The van der Waals surface area contributed by atoms with Gasteiger partial charge >= 0.3 is 0 Å². The van der Waals surface area contributed by atoms with Crippen LogP contribution in [0.1, 0.15) is 37.7 Å². The lowest BCUT2D eigenvalue weighted by Crippen LogP contribution is -2.40. The van der Waals surface area contributed by atoms with Crippen LogP contribution in [0.2, 0.25) is 0 Å². The minimum absolute atomic E-state index is 0.475. The smallest absolute Gasteiger partial charge is 0.122 e. The normalized spacial score (nSPS) is 24.1. The summed E-state index contributed by atoms with van der Waals surface area (Å²) in [4.78, 5) is 2.59. The van der Waals surface area contributed by atoms with Gasteiger partial charge in [-0.15, -0.1) is 0 Å². The van der Waals surface area contributed by atoms with Crippen molar-refractivity contribution in [2.45, 2.75) is 38.1 Å². The van der Waals surface area contributed by atoms with E-state index in [1.807, 2.05) is 0 Å². The number of ether oxygens (including phenoxy) is 1. The van der Waals surface area contributed by atoms with Gasteiger partial charge < -0.3 is 15.0 Å². The first kappa shape index (κ1) is 13.9. The highest BCUT2D eigenvalue weighted by Gasteiger charge is 2.28. The SMILES string of the molecule is C[C@@H](NCCN1CCCCC1)[C@@H]1COc2ccccc21. The van der Waals surface area contributed by atoms with Crippen LogP contribution < -0.4 is 10.1 Å². The van der Waals surface area contributed by atoms with Gasteiger partial charge in [0.15, 0.2) is 0 Å². The first-order valence-corrected chi connectivity index (χ1v) is 8.02. The number of rotatable bonds is 5. The molecule has 20 heavy (non-hydrogen) atoms. The third-order valence-corrected chi connectivity index (χ3v) is 4.68. The van der Waals surface area contributed by atoms with Crippen molar-refractivity contribution in [1.82, 2.24) is 10.2 Å². The van der Waals surface area contributed by atoms with E-state index in [0.29, 0.717) is 12.0 Å². The molecule has 0 radical (unpaired) electrons. The average Bonchev–Trinajstić information content (AvgIpc) is 2.92. The molecule has 3 heteroatoms. The van der Waals surface area contributed by atoms with Gasteiger partial charge in [0.05, 0.1) is 6.61 Å². The standard InChI is InChI=1S/C17H26N2O/c1-14(18-9-12-19-10-5-2-6-11-19)16-13-20-17-8-4-3-7-15(16)17/h3-4,7-8,14,16,18H,2,5-6,9-13H2,1H3/t14-,16+/m1/s1. The van der Waals surface area contributed by atoms with E-state index in [9.17, 15) is 0 Å². The van der Waals surface area contributed by atoms with Gasteiger partial charge in [-0.05, 0) is 38.9 Å². The topological polar surface area (TPSA) is 24.5 Å². The fourth-order valence-corrected chi connectivity index (χ4v) is 3.38. The van der Waals surface area contributed by atoms with E-state index in [1.165, 1.54) is 44.5 Å². The Hall–Kier alpha value is -1.06. The number of para-hydroxylation sites is 1. The zero-order valence-electron chi connectivity index (χ0n) is 12.5. The number of piperidine rings is 1. The summed E-state index contributed by atoms with van der Waals surface area (Å²) < 4.78 is 5.78. The van der Waals surface area contributed by atoms with Gasteiger partial charge in [-0.2, -0.15) is 0 Å². The monoisotopic (exact) mass is 274 g/mol. The van der Waals surface area contributed by atoms with Crippen LogP contribution in [0.4, 0.5) is 0 Å². The van der Waals surface area contributed by atoms with E-state index >= 15 is 0 Å². The van der Waals surface area contributed by atoms with Crippen LogP contribution in [0.15, 0.2) is 24.3 Å². The van der Waals surface area contributed by atoms with Gasteiger partial charge in [-0.25, -0.2) is 0 Å². The lowest BCUT2D eigenvalue weighted by Gasteiger charge is -2.28. The number of likely N-dealkylation sites (tertiary alicyclic amines) is 1. The number of nitrogens with one attached hydrogen (secondary N) is 1. The Bertz CT molecular complexity index is 429. The highest BCUT2D eigenvalue weighted by Crippen LogP contribution is 2.35. The minimum atomic E-state index is 0.475. The molecule has 0 aliphatic carbocycles. The summed E-state index contributed by atoms with van der Waals surface area (Å²) in [5.41, 5.74) is 1.37. The van der Waals surface area contributed by atoms with E-state index in [0.717, 1.165) is 18.9 Å². The molecule has 3 nitrogen and oxygen atoms in total. The fourth-order valence-electron chi connectivity index (χ4n) is 3.38. The highest BCUT2D eigenvalue weighted by atomic mass is 16.5. The Morgan fingerprint density at radius 3 is 2.90 bits per heavy atom. The molecule has 2 aliphatic heterocycles. The van der Waals surface area contributed by atoms with Crippen molar-refractivity contribution < 1.29 is 4.74 Å². The summed E-state index contributed by atoms with van der Waals surface area (Å²) in [5.74, 6) is 1.56. The predicted molar refractivity (Wildman–Crippen MR) is 82.4 cm³/mol. The molecule has 2 heterocycles. The molecular formula is C17H26N2O. The molecule has 1 saturated heterocycles. The molecule has 1 N–H and O–H groups in total. The fraction of sp³-hybridized carbons (Fsp3) is 0.647. The zero-order chi connectivity index (χ0) is 13.8. The van der Waals surface area contributed by atoms with Crippen LogP contribution in [0, 0.1) is 0 Å². The maximum absolute atomic E-state index is 5.78. The van der Waals surface area contributed by atoms with E-state index in [-0.39, 0.29) is 0 Å². The van der Waals surface area contributed by atoms with Crippen molar-refractivity contribution in [2.75, 3.05) is 32.8 Å². The third-order valence-electron chi connectivity index (χ3n) is 4.68. The molecule has 1 aromatic carbocycles. The molecule has 0 bridgehead atoms. The van der Waals surface area contributed by atoms with Crippen LogP contribution in [-0.4, -0.2) is 43.7 Å². The highest BCUT2D eigenvalue weighted by molar-refractivity contribution is 5.40. The van der Waals surface area contributed by atoms with Gasteiger partial charge in [0.25, 0.3) is 0 Å². The molecule has 0 spiro atoms. The van der Waals surface area contributed by atoms with Crippen LogP contribution in [0.3, 0.4) is 0 Å². The largest absolute Gasteiger partial charge is 0.493 e. The van der Waals surface area contributed by atoms with Crippen molar-refractivity contribution >= 4 is 0 Å². The van der Waals surface area contributed by atoms with E-state index in [2.05, 4.69) is 41.4 Å². The molecule has 2 atom stereocenters. The lowest BCUT2D eigenvalue weighted by atomic mass is 9.94. The maximum atomic E-state index is 5.78. The van der Waals surface area contributed by atoms with Gasteiger partial charge in [0.2, 0.25) is 0 Å². The summed E-state index contributed by atoms with van der Waals surface area (Å²) in [6, 6.07) is 8.92. The van der Waals surface area contributed by atoms with E-state index in [4.69, 9.17) is 4.74 Å². The van der Waals surface area contributed by atoms with Crippen LogP contribution in [0.25, 0.3) is 0 Å². The first-order valence-electron chi connectivity index (χ1n) is 8.02. The second-order valence-electron chi connectivity index (χ2n) is 6.10. The third kappa shape index (κ3) is 3.15. The van der Waals surface area contributed by atoms with E-state index < -0.39 is 0 Å². The Kier molecular flexibility index (Phi) is 4.58. The second kappa shape index (κ2) is 6.59. The first-order chi connectivity index (χ1) is 9.84. The van der Waals surface area contributed by atoms with Crippen LogP contribution >= 0.6 is 0 Å². The van der Waals surface area contributed by atoms with Gasteiger partial charge in [-0.1, -0.05) is 24.6 Å². The predicted octanol–water partition coefficient (Wildman–Crippen LogP) is 2.63. The minimum Gasteiger partial charge on any atom is -0.493 e. The van der Waals surface area contributed by atoms with Crippen molar-refractivity contribution in [3.8, 4) is 5.75 Å². The van der Waals surface area contributed by atoms with Crippen molar-refractivity contribution in [1.29, 1.82) is 0 Å². The molecule has 0 aromatic heterocycles. The van der Waals surface area contributed by atoms with E-state index in [1.54, 1.807) is 0 Å². The average molecular weight is 274 g/mol. The number of fused-ring (bicyclic) bond motifs is 1. The van der Waals surface area contributed by atoms with Gasteiger partial charge in [0, 0.05) is 30.6 Å². The van der Waals surface area contributed by atoms with Crippen LogP contribution in [0.5, 0.6) is 5.75 Å².